The van der Waals surface area contributed by atoms with Crippen LogP contribution in [0.1, 0.15) is 30.3 Å². The molecule has 0 aromatic carbocycles. The molecule has 3 N–H and O–H groups in total. The van der Waals surface area contributed by atoms with Gasteiger partial charge < -0.3 is 11.1 Å². The zero-order valence-corrected chi connectivity index (χ0v) is 9.56. The summed E-state index contributed by atoms with van der Waals surface area (Å²) in [5, 5.41) is 3.47. The summed E-state index contributed by atoms with van der Waals surface area (Å²) in [5.41, 5.74) is 6.77. The molecular formula is C10H15N3OS. The van der Waals surface area contributed by atoms with Gasteiger partial charge in [-0.3, -0.25) is 4.79 Å². The maximum Gasteiger partial charge on any atom is 0.243 e. The van der Waals surface area contributed by atoms with Gasteiger partial charge in [-0.15, -0.1) is 11.3 Å². The van der Waals surface area contributed by atoms with Crippen LogP contribution in [0.25, 0.3) is 0 Å². The van der Waals surface area contributed by atoms with E-state index in [9.17, 15) is 4.79 Å². The highest BCUT2D eigenvalue weighted by atomic mass is 32.1. The first-order valence-electron chi connectivity index (χ1n) is 5.25. The molecule has 1 atom stereocenters. The summed E-state index contributed by atoms with van der Waals surface area (Å²) >= 11 is 1.58. The molecule has 0 bridgehead atoms. The molecule has 0 radical (unpaired) electrons. The van der Waals surface area contributed by atoms with E-state index in [4.69, 9.17) is 5.73 Å². The number of thiazole rings is 1. The van der Waals surface area contributed by atoms with Gasteiger partial charge in [0.15, 0.2) is 5.13 Å². The Labute approximate surface area is 92.9 Å². The lowest BCUT2D eigenvalue weighted by Crippen LogP contribution is -2.34. The summed E-state index contributed by atoms with van der Waals surface area (Å²) in [5.74, 6) is -0.134. The summed E-state index contributed by atoms with van der Waals surface area (Å²) in [6.07, 6.45) is 3.98. The third-order valence-corrected chi connectivity index (χ3v) is 3.68. The summed E-state index contributed by atoms with van der Waals surface area (Å²) in [6, 6.07) is -0.427. The average Bonchev–Trinajstić information content (AvgIpc) is 2.76. The van der Waals surface area contributed by atoms with Crippen molar-refractivity contribution >= 4 is 22.4 Å². The van der Waals surface area contributed by atoms with Gasteiger partial charge in [-0.05, 0) is 25.7 Å². The van der Waals surface area contributed by atoms with Crippen LogP contribution in [0.15, 0.2) is 0 Å². The zero-order chi connectivity index (χ0) is 10.8. The van der Waals surface area contributed by atoms with Gasteiger partial charge >= 0.3 is 0 Å². The van der Waals surface area contributed by atoms with Crippen LogP contribution in [0.4, 0.5) is 5.13 Å². The lowest BCUT2D eigenvalue weighted by molar-refractivity contribution is -0.117. The fourth-order valence-electron chi connectivity index (χ4n) is 1.63. The molecule has 4 nitrogen and oxygen atoms in total. The molecule has 0 saturated heterocycles. The van der Waals surface area contributed by atoms with Crippen molar-refractivity contribution in [3.05, 3.63) is 10.6 Å². The lowest BCUT2D eigenvalue weighted by Gasteiger charge is -2.06. The monoisotopic (exact) mass is 225 g/mol. The van der Waals surface area contributed by atoms with E-state index in [1.807, 2.05) is 6.92 Å². The summed E-state index contributed by atoms with van der Waals surface area (Å²) in [7, 11) is 0. The van der Waals surface area contributed by atoms with Crippen molar-refractivity contribution < 1.29 is 4.79 Å². The second-order valence-corrected chi connectivity index (χ2v) is 4.83. The number of nitrogens with zero attached hydrogens (tertiary/aromatic N) is 1. The van der Waals surface area contributed by atoms with Crippen molar-refractivity contribution in [1.82, 2.24) is 4.98 Å². The predicted molar refractivity (Wildman–Crippen MR) is 61.0 cm³/mol. The van der Waals surface area contributed by atoms with Crippen LogP contribution in [-0.4, -0.2) is 16.9 Å². The van der Waals surface area contributed by atoms with Gasteiger partial charge in [-0.25, -0.2) is 4.98 Å². The Morgan fingerprint density at radius 2 is 2.47 bits per heavy atom. The SMILES string of the molecule is CC[C@@H](N)C(=O)Nc1nc2c(s1)CCC2. The summed E-state index contributed by atoms with van der Waals surface area (Å²) in [4.78, 5) is 17.2. The van der Waals surface area contributed by atoms with Gasteiger partial charge in [0.05, 0.1) is 11.7 Å². The van der Waals surface area contributed by atoms with Crippen LogP contribution < -0.4 is 11.1 Å². The number of anilines is 1. The molecule has 1 aliphatic carbocycles. The van der Waals surface area contributed by atoms with E-state index < -0.39 is 6.04 Å². The summed E-state index contributed by atoms with van der Waals surface area (Å²) < 4.78 is 0. The van der Waals surface area contributed by atoms with Crippen LogP contribution in [-0.2, 0) is 17.6 Å². The van der Waals surface area contributed by atoms with Crippen LogP contribution in [0.3, 0.4) is 0 Å². The first-order chi connectivity index (χ1) is 7.20. The molecular weight excluding hydrogens is 210 g/mol. The van der Waals surface area contributed by atoms with Crippen molar-refractivity contribution in [2.75, 3.05) is 5.32 Å². The van der Waals surface area contributed by atoms with E-state index in [1.165, 1.54) is 11.3 Å². The molecule has 0 aliphatic heterocycles. The third kappa shape index (κ3) is 2.18. The molecule has 1 amide bonds. The molecule has 1 aromatic heterocycles. The van der Waals surface area contributed by atoms with Crippen molar-refractivity contribution in [2.45, 2.75) is 38.6 Å². The minimum Gasteiger partial charge on any atom is -0.320 e. The first-order valence-corrected chi connectivity index (χ1v) is 6.07. The van der Waals surface area contributed by atoms with Crippen LogP contribution in [0.2, 0.25) is 0 Å². The minimum atomic E-state index is -0.427. The Bertz CT molecular complexity index is 353. The van der Waals surface area contributed by atoms with Gasteiger partial charge in [-0.1, -0.05) is 6.92 Å². The highest BCUT2D eigenvalue weighted by Crippen LogP contribution is 2.30. The molecule has 0 saturated carbocycles. The largest absolute Gasteiger partial charge is 0.320 e. The van der Waals surface area contributed by atoms with Gasteiger partial charge in [-0.2, -0.15) is 0 Å². The Kier molecular flexibility index (Phi) is 3.02. The van der Waals surface area contributed by atoms with Gasteiger partial charge in [0, 0.05) is 4.88 Å². The molecule has 0 spiro atoms. The number of amides is 1. The molecule has 1 aromatic rings. The number of hydrogen-bond acceptors (Lipinski definition) is 4. The lowest BCUT2D eigenvalue weighted by atomic mass is 10.2. The Hall–Kier alpha value is -0.940. The van der Waals surface area contributed by atoms with Gasteiger partial charge in [0.25, 0.3) is 0 Å². The number of carbonyl (C=O) groups excluding carboxylic acids is 1. The number of fused-ring (bicyclic) bond motifs is 1. The summed E-state index contributed by atoms with van der Waals surface area (Å²) in [6.45, 7) is 1.89. The van der Waals surface area contributed by atoms with E-state index in [0.29, 0.717) is 11.6 Å². The van der Waals surface area contributed by atoms with Crippen molar-refractivity contribution in [3.8, 4) is 0 Å². The molecule has 5 heteroatoms. The molecule has 1 aliphatic rings. The molecule has 15 heavy (non-hydrogen) atoms. The Morgan fingerprint density at radius 1 is 1.67 bits per heavy atom. The van der Waals surface area contributed by atoms with Crippen LogP contribution in [0.5, 0.6) is 0 Å². The van der Waals surface area contributed by atoms with Gasteiger partial charge in [0.1, 0.15) is 0 Å². The topological polar surface area (TPSA) is 68.0 Å². The second-order valence-electron chi connectivity index (χ2n) is 3.75. The number of nitrogens with two attached hydrogens (primary N) is 1. The molecule has 0 fully saturated rings. The van der Waals surface area contributed by atoms with E-state index in [-0.39, 0.29) is 5.91 Å². The minimum absolute atomic E-state index is 0.134. The Balaban J connectivity index is 2.02. The number of aryl methyl sites for hydroxylation is 2. The Morgan fingerprint density at radius 3 is 3.13 bits per heavy atom. The highest BCUT2D eigenvalue weighted by molar-refractivity contribution is 7.15. The van der Waals surface area contributed by atoms with Crippen LogP contribution in [0, 0.1) is 0 Å². The predicted octanol–water partition coefficient (Wildman–Crippen LogP) is 1.31. The molecule has 0 unspecified atom stereocenters. The number of hydrogen-bond donors (Lipinski definition) is 2. The second kappa shape index (κ2) is 4.28. The molecule has 1 heterocycles. The normalized spacial score (nSPS) is 16.1. The molecule has 82 valence electrons. The first kappa shape index (κ1) is 10.6. The maximum absolute atomic E-state index is 11.5. The van der Waals surface area contributed by atoms with Gasteiger partial charge in [0.2, 0.25) is 5.91 Å². The maximum atomic E-state index is 11.5. The number of rotatable bonds is 3. The fourth-order valence-corrected chi connectivity index (χ4v) is 2.68. The third-order valence-electron chi connectivity index (χ3n) is 2.60. The van der Waals surface area contributed by atoms with E-state index in [1.54, 1.807) is 11.3 Å². The fraction of sp³-hybridized carbons (Fsp3) is 0.600. The van der Waals surface area contributed by atoms with E-state index >= 15 is 0 Å². The standard InChI is InChI=1S/C10H15N3OS/c1-2-6(11)9(14)13-10-12-7-4-3-5-8(7)15-10/h6H,2-5,11H2,1H3,(H,12,13,14)/t6-/m1/s1. The van der Waals surface area contributed by atoms with Crippen molar-refractivity contribution in [3.63, 3.8) is 0 Å². The van der Waals surface area contributed by atoms with E-state index in [2.05, 4.69) is 10.3 Å². The smallest absolute Gasteiger partial charge is 0.243 e. The zero-order valence-electron chi connectivity index (χ0n) is 8.75. The molecule has 2 rings (SSSR count). The number of aromatic nitrogens is 1. The van der Waals surface area contributed by atoms with Crippen molar-refractivity contribution in [2.24, 2.45) is 5.73 Å². The number of nitrogens with one attached hydrogen (secondary N) is 1. The highest BCUT2D eigenvalue weighted by Gasteiger charge is 2.19. The average molecular weight is 225 g/mol. The van der Waals surface area contributed by atoms with Crippen molar-refractivity contribution in [1.29, 1.82) is 0 Å². The van der Waals surface area contributed by atoms with Crippen LogP contribution >= 0.6 is 11.3 Å². The number of carbonyl (C=O) groups is 1. The van der Waals surface area contributed by atoms with E-state index in [0.717, 1.165) is 18.5 Å². The quantitative estimate of drug-likeness (QED) is 0.815.